The molecule has 2 aliphatic rings. The van der Waals surface area contributed by atoms with E-state index in [0.29, 0.717) is 17.0 Å². The summed E-state index contributed by atoms with van der Waals surface area (Å²) in [6, 6.07) is 11.5. The number of fused-ring (bicyclic) bond motifs is 2. The summed E-state index contributed by atoms with van der Waals surface area (Å²) in [5.74, 6) is -0.892. The van der Waals surface area contributed by atoms with Crippen molar-refractivity contribution < 1.29 is 19.1 Å². The minimum atomic E-state index is -1.00. The van der Waals surface area contributed by atoms with E-state index in [4.69, 9.17) is 16.3 Å². The third-order valence-electron chi connectivity index (χ3n) is 6.41. The van der Waals surface area contributed by atoms with Crippen LogP contribution in [0.2, 0.25) is 5.02 Å². The van der Waals surface area contributed by atoms with E-state index in [1.807, 2.05) is 18.2 Å². The fourth-order valence-corrected chi connectivity index (χ4v) is 5.43. The number of hydrogen-bond acceptors (Lipinski definition) is 6. The van der Waals surface area contributed by atoms with Crippen LogP contribution in [0.1, 0.15) is 35.2 Å². The van der Waals surface area contributed by atoms with Gasteiger partial charge in [-0.25, -0.2) is 4.98 Å². The standard InChI is InChI=1S/C24H22ClN3O4S/c25-16-6-3-14(4-7-16)10-18(23(31)28-24-9-1-2-21(24)32-12-20(24)29)27-22(30)15-5-8-19-17(11-15)26-13-33-19/h3-8,11,13,18,21H,1-2,9-10,12H2,(H,27,30)(H,28,31). The highest BCUT2D eigenvalue weighted by Crippen LogP contribution is 2.37. The van der Waals surface area contributed by atoms with E-state index in [1.54, 1.807) is 29.8 Å². The average Bonchev–Trinajstić information content (AvgIpc) is 3.51. The van der Waals surface area contributed by atoms with Crippen molar-refractivity contribution in [2.75, 3.05) is 6.61 Å². The van der Waals surface area contributed by atoms with E-state index in [1.165, 1.54) is 11.3 Å². The van der Waals surface area contributed by atoms with E-state index >= 15 is 0 Å². The molecule has 2 heterocycles. The fraction of sp³-hybridized carbons (Fsp3) is 0.333. The number of benzene rings is 2. The number of hydrogen-bond donors (Lipinski definition) is 2. The van der Waals surface area contributed by atoms with Crippen LogP contribution in [-0.2, 0) is 20.7 Å². The molecule has 1 saturated carbocycles. The molecule has 2 fully saturated rings. The van der Waals surface area contributed by atoms with Crippen LogP contribution in [0.25, 0.3) is 10.2 Å². The highest BCUT2D eigenvalue weighted by atomic mass is 35.5. The summed E-state index contributed by atoms with van der Waals surface area (Å²) in [6.45, 7) is 0.00676. The molecule has 33 heavy (non-hydrogen) atoms. The van der Waals surface area contributed by atoms with E-state index in [2.05, 4.69) is 15.6 Å². The number of rotatable bonds is 6. The Morgan fingerprint density at radius 1 is 1.24 bits per heavy atom. The van der Waals surface area contributed by atoms with Gasteiger partial charge in [-0.05, 0) is 55.2 Å². The van der Waals surface area contributed by atoms with Crippen LogP contribution in [0.3, 0.4) is 0 Å². The molecule has 0 spiro atoms. The third kappa shape index (κ3) is 4.26. The SMILES string of the molecule is O=C(NC(Cc1ccc(Cl)cc1)C(=O)NC12CCCC1OCC2=O)c1ccc2scnc2c1. The van der Waals surface area contributed by atoms with Crippen molar-refractivity contribution in [3.8, 4) is 0 Å². The molecule has 2 N–H and O–H groups in total. The Hall–Kier alpha value is -2.81. The number of nitrogens with zero attached hydrogens (tertiary/aromatic N) is 1. The summed E-state index contributed by atoms with van der Waals surface area (Å²) in [7, 11) is 0. The Labute approximate surface area is 199 Å². The number of ketones is 1. The molecule has 3 atom stereocenters. The predicted molar refractivity (Wildman–Crippen MR) is 126 cm³/mol. The number of carbonyl (C=O) groups is 3. The van der Waals surface area contributed by atoms with E-state index in [-0.39, 0.29) is 30.8 Å². The molecule has 1 saturated heterocycles. The fourth-order valence-electron chi connectivity index (χ4n) is 4.65. The molecule has 2 amide bonds. The minimum absolute atomic E-state index is 0.00676. The second kappa shape index (κ2) is 8.85. The van der Waals surface area contributed by atoms with E-state index in [9.17, 15) is 14.4 Å². The molecular formula is C24H22ClN3O4S. The molecule has 5 rings (SSSR count). The number of amides is 2. The summed E-state index contributed by atoms with van der Waals surface area (Å²) >= 11 is 7.49. The van der Waals surface area contributed by atoms with Crippen molar-refractivity contribution in [1.82, 2.24) is 15.6 Å². The Balaban J connectivity index is 1.39. The van der Waals surface area contributed by atoms with Gasteiger partial charge in [-0.1, -0.05) is 23.7 Å². The number of halogens is 1. The topological polar surface area (TPSA) is 97.4 Å². The minimum Gasteiger partial charge on any atom is -0.367 e. The summed E-state index contributed by atoms with van der Waals surface area (Å²) in [6.07, 6.45) is 2.02. The predicted octanol–water partition coefficient (Wildman–Crippen LogP) is 3.30. The quantitative estimate of drug-likeness (QED) is 0.560. The Kier molecular flexibility index (Phi) is 5.90. The van der Waals surface area contributed by atoms with Crippen LogP contribution in [0.4, 0.5) is 0 Å². The zero-order valence-electron chi connectivity index (χ0n) is 17.7. The summed E-state index contributed by atoms with van der Waals surface area (Å²) in [5, 5.41) is 6.40. The molecule has 1 aromatic heterocycles. The molecule has 1 aliphatic heterocycles. The van der Waals surface area contributed by atoms with Gasteiger partial charge in [0.05, 0.1) is 21.8 Å². The smallest absolute Gasteiger partial charge is 0.252 e. The highest BCUT2D eigenvalue weighted by molar-refractivity contribution is 7.16. The maximum Gasteiger partial charge on any atom is 0.252 e. The molecule has 9 heteroatoms. The summed E-state index contributed by atoms with van der Waals surface area (Å²) < 4.78 is 6.60. The number of thiazole rings is 1. The molecular weight excluding hydrogens is 462 g/mol. The second-order valence-corrected chi connectivity index (χ2v) is 9.79. The molecule has 0 bridgehead atoms. The van der Waals surface area contributed by atoms with Gasteiger partial charge >= 0.3 is 0 Å². The van der Waals surface area contributed by atoms with Crippen LogP contribution in [0.5, 0.6) is 0 Å². The molecule has 170 valence electrons. The third-order valence-corrected chi connectivity index (χ3v) is 7.48. The van der Waals surface area contributed by atoms with Crippen LogP contribution >= 0.6 is 22.9 Å². The van der Waals surface area contributed by atoms with Crippen LogP contribution in [-0.4, -0.2) is 46.9 Å². The van der Waals surface area contributed by atoms with Crippen LogP contribution in [0.15, 0.2) is 48.0 Å². The van der Waals surface area contributed by atoms with Gasteiger partial charge in [0.25, 0.3) is 5.91 Å². The molecule has 7 nitrogen and oxygen atoms in total. The monoisotopic (exact) mass is 483 g/mol. The van der Waals surface area contributed by atoms with Gasteiger partial charge in [0.15, 0.2) is 5.78 Å². The van der Waals surface area contributed by atoms with Gasteiger partial charge in [0.2, 0.25) is 5.91 Å². The Morgan fingerprint density at radius 3 is 2.88 bits per heavy atom. The maximum atomic E-state index is 13.4. The lowest BCUT2D eigenvalue weighted by Crippen LogP contribution is -2.60. The van der Waals surface area contributed by atoms with Gasteiger partial charge in [-0.2, -0.15) is 0 Å². The first-order valence-corrected chi connectivity index (χ1v) is 12.1. The van der Waals surface area contributed by atoms with Crippen molar-refractivity contribution in [3.63, 3.8) is 0 Å². The lowest BCUT2D eigenvalue weighted by atomic mass is 9.91. The Bertz CT molecular complexity index is 1230. The lowest BCUT2D eigenvalue weighted by Gasteiger charge is -2.30. The number of Topliss-reactive ketones (excluding diaryl/α,β-unsaturated/α-hetero) is 1. The Morgan fingerprint density at radius 2 is 2.06 bits per heavy atom. The van der Waals surface area contributed by atoms with Gasteiger partial charge in [-0.15, -0.1) is 11.3 Å². The zero-order chi connectivity index (χ0) is 23.0. The number of ether oxygens (including phenoxy) is 1. The van der Waals surface area contributed by atoms with Crippen LogP contribution < -0.4 is 10.6 Å². The average molecular weight is 484 g/mol. The maximum absolute atomic E-state index is 13.4. The van der Waals surface area contributed by atoms with E-state index in [0.717, 1.165) is 28.6 Å². The molecule has 0 radical (unpaired) electrons. The highest BCUT2D eigenvalue weighted by Gasteiger charge is 2.55. The molecule has 3 aromatic rings. The summed E-state index contributed by atoms with van der Waals surface area (Å²) in [5.41, 5.74) is 2.71. The van der Waals surface area contributed by atoms with E-state index < -0.39 is 17.5 Å². The number of carbonyl (C=O) groups excluding carboxylic acids is 3. The van der Waals surface area contributed by atoms with Crippen LogP contribution in [0, 0.1) is 0 Å². The van der Waals surface area contributed by atoms with Crippen molar-refractivity contribution >= 4 is 50.8 Å². The van der Waals surface area contributed by atoms with Gasteiger partial charge in [0.1, 0.15) is 18.2 Å². The van der Waals surface area contributed by atoms with Gasteiger partial charge in [0, 0.05) is 17.0 Å². The first-order chi connectivity index (χ1) is 15.9. The summed E-state index contributed by atoms with van der Waals surface area (Å²) in [4.78, 5) is 43.4. The largest absolute Gasteiger partial charge is 0.367 e. The number of nitrogens with one attached hydrogen (secondary N) is 2. The normalized spacial score (nSPS) is 22.8. The lowest BCUT2D eigenvalue weighted by molar-refractivity contribution is -0.131. The first-order valence-electron chi connectivity index (χ1n) is 10.8. The van der Waals surface area contributed by atoms with Crippen molar-refractivity contribution in [3.05, 3.63) is 64.1 Å². The number of aromatic nitrogens is 1. The van der Waals surface area contributed by atoms with Crippen molar-refractivity contribution in [2.45, 2.75) is 43.4 Å². The first kappa shape index (κ1) is 22.0. The second-order valence-electron chi connectivity index (χ2n) is 8.47. The van der Waals surface area contributed by atoms with Gasteiger partial charge < -0.3 is 15.4 Å². The van der Waals surface area contributed by atoms with Crippen molar-refractivity contribution in [1.29, 1.82) is 0 Å². The molecule has 2 aromatic carbocycles. The molecule has 1 aliphatic carbocycles. The zero-order valence-corrected chi connectivity index (χ0v) is 19.2. The molecule has 3 unspecified atom stereocenters. The van der Waals surface area contributed by atoms with Crippen molar-refractivity contribution in [2.24, 2.45) is 0 Å². The van der Waals surface area contributed by atoms with Gasteiger partial charge in [-0.3, -0.25) is 14.4 Å².